The number of nitrogens with two attached hydrogens (primary N) is 1. The molecule has 0 atom stereocenters. The van der Waals surface area contributed by atoms with Crippen molar-refractivity contribution in [2.75, 3.05) is 26.2 Å². The van der Waals surface area contributed by atoms with Gasteiger partial charge < -0.3 is 15.7 Å². The van der Waals surface area contributed by atoms with Crippen LogP contribution in [0.15, 0.2) is 0 Å². The molecular formula is C6H14N2O. The summed E-state index contributed by atoms with van der Waals surface area (Å²) < 4.78 is 0. The quantitative estimate of drug-likeness (QED) is 0.516. The molecule has 1 fully saturated rings. The van der Waals surface area contributed by atoms with E-state index in [1.54, 1.807) is 0 Å². The van der Waals surface area contributed by atoms with E-state index < -0.39 is 0 Å². The molecule has 0 aromatic heterocycles. The van der Waals surface area contributed by atoms with E-state index in [1.165, 1.54) is 0 Å². The normalized spacial score (nSPS) is 22.0. The monoisotopic (exact) mass is 130 g/mol. The standard InChI is InChI=1S/C6H14N2O/c7-6-4-8(5-6)2-1-3-9/h6,9H,1-5,7H2. The lowest BCUT2D eigenvalue weighted by molar-refractivity contribution is 0.136. The zero-order valence-corrected chi connectivity index (χ0v) is 5.58. The Morgan fingerprint density at radius 3 is 2.67 bits per heavy atom. The Morgan fingerprint density at radius 1 is 1.56 bits per heavy atom. The van der Waals surface area contributed by atoms with E-state index in [0.29, 0.717) is 12.6 Å². The molecule has 0 unspecified atom stereocenters. The highest BCUT2D eigenvalue weighted by Gasteiger charge is 2.21. The predicted molar refractivity (Wildman–Crippen MR) is 36.1 cm³/mol. The van der Waals surface area contributed by atoms with E-state index in [-0.39, 0.29) is 0 Å². The fourth-order valence-corrected chi connectivity index (χ4v) is 1.09. The number of likely N-dealkylation sites (tertiary alicyclic amines) is 1. The third-order valence-corrected chi connectivity index (χ3v) is 1.62. The average molecular weight is 130 g/mol. The Bertz CT molecular complexity index is 81.1. The second-order valence-electron chi connectivity index (χ2n) is 2.60. The lowest BCUT2D eigenvalue weighted by Crippen LogP contribution is -2.55. The van der Waals surface area contributed by atoms with Crippen LogP contribution in [0.3, 0.4) is 0 Å². The van der Waals surface area contributed by atoms with Gasteiger partial charge in [-0.05, 0) is 6.42 Å². The molecule has 0 amide bonds. The van der Waals surface area contributed by atoms with Gasteiger partial charge in [0.15, 0.2) is 0 Å². The van der Waals surface area contributed by atoms with E-state index in [4.69, 9.17) is 10.8 Å². The first-order valence-corrected chi connectivity index (χ1v) is 3.41. The van der Waals surface area contributed by atoms with E-state index in [1.807, 2.05) is 0 Å². The van der Waals surface area contributed by atoms with Gasteiger partial charge in [0.2, 0.25) is 0 Å². The molecule has 0 saturated carbocycles. The Kier molecular flexibility index (Phi) is 2.45. The Morgan fingerprint density at radius 2 is 2.22 bits per heavy atom. The van der Waals surface area contributed by atoms with Crippen molar-refractivity contribution in [3.63, 3.8) is 0 Å². The second-order valence-corrected chi connectivity index (χ2v) is 2.60. The van der Waals surface area contributed by atoms with Crippen LogP contribution < -0.4 is 5.73 Å². The average Bonchev–Trinajstić information content (AvgIpc) is 1.78. The summed E-state index contributed by atoms with van der Waals surface area (Å²) >= 11 is 0. The van der Waals surface area contributed by atoms with Gasteiger partial charge in [0.05, 0.1) is 0 Å². The van der Waals surface area contributed by atoms with Crippen molar-refractivity contribution in [1.29, 1.82) is 0 Å². The zero-order chi connectivity index (χ0) is 6.69. The third-order valence-electron chi connectivity index (χ3n) is 1.62. The molecule has 0 spiro atoms. The number of hydrogen-bond acceptors (Lipinski definition) is 3. The molecule has 0 aromatic rings. The first-order chi connectivity index (χ1) is 4.33. The molecule has 1 rings (SSSR count). The van der Waals surface area contributed by atoms with Crippen LogP contribution in [-0.4, -0.2) is 42.3 Å². The van der Waals surface area contributed by atoms with Gasteiger partial charge in [-0.1, -0.05) is 0 Å². The van der Waals surface area contributed by atoms with Crippen LogP contribution in [0.5, 0.6) is 0 Å². The van der Waals surface area contributed by atoms with Crippen molar-refractivity contribution >= 4 is 0 Å². The number of hydrogen-bond donors (Lipinski definition) is 2. The van der Waals surface area contributed by atoms with Gasteiger partial charge in [0, 0.05) is 32.3 Å². The summed E-state index contributed by atoms with van der Waals surface area (Å²) in [6.45, 7) is 3.33. The van der Waals surface area contributed by atoms with Gasteiger partial charge in [-0.25, -0.2) is 0 Å². The number of aliphatic hydroxyl groups excluding tert-OH is 1. The van der Waals surface area contributed by atoms with E-state index >= 15 is 0 Å². The van der Waals surface area contributed by atoms with Crippen molar-refractivity contribution < 1.29 is 5.11 Å². The first kappa shape index (κ1) is 6.99. The molecule has 1 aliphatic rings. The molecule has 0 aliphatic carbocycles. The second kappa shape index (κ2) is 3.15. The molecule has 3 N–H and O–H groups in total. The number of aliphatic hydroxyl groups is 1. The Labute approximate surface area is 55.5 Å². The summed E-state index contributed by atoms with van der Waals surface area (Å²) in [7, 11) is 0. The van der Waals surface area contributed by atoms with Crippen LogP contribution >= 0.6 is 0 Å². The highest BCUT2D eigenvalue weighted by molar-refractivity contribution is 4.81. The maximum absolute atomic E-state index is 8.44. The lowest BCUT2D eigenvalue weighted by Gasteiger charge is -2.36. The van der Waals surface area contributed by atoms with Crippen molar-refractivity contribution in [2.24, 2.45) is 5.73 Å². The first-order valence-electron chi connectivity index (χ1n) is 3.41. The fourth-order valence-electron chi connectivity index (χ4n) is 1.09. The largest absolute Gasteiger partial charge is 0.396 e. The summed E-state index contributed by atoms with van der Waals surface area (Å²) in [5.74, 6) is 0. The summed E-state index contributed by atoms with van der Waals surface area (Å²) in [6, 6.07) is 0.392. The number of rotatable bonds is 3. The SMILES string of the molecule is NC1CN(CCCO)C1. The van der Waals surface area contributed by atoms with Crippen LogP contribution in [0, 0.1) is 0 Å². The third kappa shape index (κ3) is 1.93. The summed E-state index contributed by atoms with van der Waals surface area (Å²) in [6.07, 6.45) is 0.882. The van der Waals surface area contributed by atoms with Crippen molar-refractivity contribution in [3.05, 3.63) is 0 Å². The van der Waals surface area contributed by atoms with E-state index in [0.717, 1.165) is 26.1 Å². The van der Waals surface area contributed by atoms with Gasteiger partial charge in [-0.15, -0.1) is 0 Å². The molecule has 1 saturated heterocycles. The smallest absolute Gasteiger partial charge is 0.0443 e. The topological polar surface area (TPSA) is 49.5 Å². The molecule has 1 heterocycles. The van der Waals surface area contributed by atoms with Crippen LogP contribution in [0.1, 0.15) is 6.42 Å². The Hall–Kier alpha value is -0.120. The van der Waals surface area contributed by atoms with Gasteiger partial charge >= 0.3 is 0 Å². The molecule has 54 valence electrons. The highest BCUT2D eigenvalue weighted by Crippen LogP contribution is 2.04. The van der Waals surface area contributed by atoms with Crippen LogP contribution in [0.4, 0.5) is 0 Å². The Balaban J connectivity index is 1.91. The van der Waals surface area contributed by atoms with Gasteiger partial charge in [0.1, 0.15) is 0 Å². The predicted octanol–water partition coefficient (Wildman–Crippen LogP) is -0.988. The van der Waals surface area contributed by atoms with Crippen molar-refractivity contribution in [1.82, 2.24) is 4.90 Å². The van der Waals surface area contributed by atoms with Crippen molar-refractivity contribution in [2.45, 2.75) is 12.5 Å². The summed E-state index contributed by atoms with van der Waals surface area (Å²) in [5, 5.41) is 8.44. The maximum atomic E-state index is 8.44. The summed E-state index contributed by atoms with van der Waals surface area (Å²) in [5.41, 5.74) is 5.54. The summed E-state index contributed by atoms with van der Waals surface area (Å²) in [4.78, 5) is 2.25. The van der Waals surface area contributed by atoms with Gasteiger partial charge in [-0.3, -0.25) is 0 Å². The zero-order valence-electron chi connectivity index (χ0n) is 5.58. The van der Waals surface area contributed by atoms with E-state index in [9.17, 15) is 0 Å². The molecular weight excluding hydrogens is 116 g/mol. The van der Waals surface area contributed by atoms with E-state index in [2.05, 4.69) is 4.90 Å². The lowest BCUT2D eigenvalue weighted by atomic mass is 10.1. The fraction of sp³-hybridized carbons (Fsp3) is 1.00. The molecule has 3 heteroatoms. The van der Waals surface area contributed by atoms with Crippen molar-refractivity contribution in [3.8, 4) is 0 Å². The minimum Gasteiger partial charge on any atom is -0.396 e. The minimum absolute atomic E-state index is 0.297. The molecule has 1 aliphatic heterocycles. The molecule has 9 heavy (non-hydrogen) atoms. The highest BCUT2D eigenvalue weighted by atomic mass is 16.3. The van der Waals surface area contributed by atoms with Gasteiger partial charge in [-0.2, -0.15) is 0 Å². The number of nitrogens with zero attached hydrogens (tertiary/aromatic N) is 1. The van der Waals surface area contributed by atoms with Crippen LogP contribution in [-0.2, 0) is 0 Å². The molecule has 0 aromatic carbocycles. The minimum atomic E-state index is 0.297. The molecule has 0 radical (unpaired) electrons. The van der Waals surface area contributed by atoms with Crippen LogP contribution in [0.2, 0.25) is 0 Å². The maximum Gasteiger partial charge on any atom is 0.0443 e. The van der Waals surface area contributed by atoms with Gasteiger partial charge in [0.25, 0.3) is 0 Å². The molecule has 0 bridgehead atoms. The van der Waals surface area contributed by atoms with Crippen LogP contribution in [0.25, 0.3) is 0 Å². The molecule has 3 nitrogen and oxygen atoms in total.